The molecule has 1 aliphatic carbocycles. The topological polar surface area (TPSA) is 101 Å². The third-order valence-electron chi connectivity index (χ3n) is 4.07. The number of nitrogens with one attached hydrogen (secondary N) is 2. The molecule has 2 heterocycles. The van der Waals surface area contributed by atoms with Gasteiger partial charge >= 0.3 is 0 Å². The number of rotatable bonds is 5. The van der Waals surface area contributed by atoms with Crippen molar-refractivity contribution >= 4 is 5.91 Å². The zero-order valence-electron chi connectivity index (χ0n) is 13.4. The fraction of sp³-hybridized carbons (Fsp3) is 0.222. The lowest BCUT2D eigenvalue weighted by molar-refractivity contribution is 0.0945. The molecule has 1 fully saturated rings. The summed E-state index contributed by atoms with van der Waals surface area (Å²) < 4.78 is 5.10. The van der Waals surface area contributed by atoms with Gasteiger partial charge in [-0.05, 0) is 30.5 Å². The SMILES string of the molecule is O=C(NCc1nc(C2CC2)no1)c1ccc(-c2ccccc2)[nH]c1=O. The Labute approximate surface area is 143 Å². The summed E-state index contributed by atoms with van der Waals surface area (Å²) in [6.45, 7) is 0.0957. The smallest absolute Gasteiger partial charge is 0.261 e. The third-order valence-corrected chi connectivity index (χ3v) is 4.07. The van der Waals surface area contributed by atoms with Crippen molar-refractivity contribution in [1.29, 1.82) is 0 Å². The summed E-state index contributed by atoms with van der Waals surface area (Å²) in [7, 11) is 0. The van der Waals surface area contributed by atoms with E-state index >= 15 is 0 Å². The van der Waals surface area contributed by atoms with Gasteiger partial charge in [0.2, 0.25) is 5.89 Å². The van der Waals surface area contributed by atoms with Crippen LogP contribution in [0.5, 0.6) is 0 Å². The molecule has 2 aromatic heterocycles. The molecule has 0 saturated heterocycles. The van der Waals surface area contributed by atoms with E-state index in [1.54, 1.807) is 6.07 Å². The van der Waals surface area contributed by atoms with Gasteiger partial charge < -0.3 is 14.8 Å². The predicted octanol–water partition coefficient (Wildman–Crippen LogP) is 2.23. The quantitative estimate of drug-likeness (QED) is 0.744. The normalized spacial score (nSPS) is 13.6. The molecule has 1 saturated carbocycles. The summed E-state index contributed by atoms with van der Waals surface area (Å²) in [6, 6.07) is 12.7. The number of hydrogen-bond acceptors (Lipinski definition) is 5. The molecule has 126 valence electrons. The van der Waals surface area contributed by atoms with Crippen LogP contribution in [0.25, 0.3) is 11.3 Å². The van der Waals surface area contributed by atoms with Crippen LogP contribution in [0.1, 0.15) is 40.8 Å². The van der Waals surface area contributed by atoms with E-state index in [9.17, 15) is 9.59 Å². The number of carbonyl (C=O) groups is 1. The first-order valence-electron chi connectivity index (χ1n) is 8.10. The molecule has 1 amide bonds. The summed E-state index contributed by atoms with van der Waals surface area (Å²) in [5.74, 6) is 0.940. The Hall–Kier alpha value is -3.22. The van der Waals surface area contributed by atoms with Gasteiger partial charge in [-0.25, -0.2) is 0 Å². The number of aromatic amines is 1. The molecule has 0 atom stereocenters. The van der Waals surface area contributed by atoms with E-state index in [4.69, 9.17) is 4.52 Å². The number of carbonyl (C=O) groups excluding carboxylic acids is 1. The number of nitrogens with zero attached hydrogens (tertiary/aromatic N) is 2. The van der Waals surface area contributed by atoms with Gasteiger partial charge in [0.25, 0.3) is 11.5 Å². The van der Waals surface area contributed by atoms with Crippen LogP contribution in [0.2, 0.25) is 0 Å². The maximum absolute atomic E-state index is 12.2. The highest BCUT2D eigenvalue weighted by Gasteiger charge is 2.28. The predicted molar refractivity (Wildman–Crippen MR) is 89.9 cm³/mol. The monoisotopic (exact) mass is 336 g/mol. The van der Waals surface area contributed by atoms with Gasteiger partial charge in [-0.1, -0.05) is 35.5 Å². The summed E-state index contributed by atoms with van der Waals surface area (Å²) in [5.41, 5.74) is 1.14. The average Bonchev–Trinajstić information content (AvgIpc) is 3.39. The highest BCUT2D eigenvalue weighted by molar-refractivity contribution is 5.93. The van der Waals surface area contributed by atoms with Crippen LogP contribution in [0.15, 0.2) is 51.8 Å². The lowest BCUT2D eigenvalue weighted by Crippen LogP contribution is -2.29. The molecule has 1 aliphatic rings. The van der Waals surface area contributed by atoms with E-state index in [-0.39, 0.29) is 12.1 Å². The second-order valence-electron chi connectivity index (χ2n) is 5.98. The third kappa shape index (κ3) is 3.35. The number of benzene rings is 1. The van der Waals surface area contributed by atoms with Gasteiger partial charge in [-0.15, -0.1) is 0 Å². The molecule has 7 heteroatoms. The van der Waals surface area contributed by atoms with Crippen molar-refractivity contribution in [3.8, 4) is 11.3 Å². The fourth-order valence-electron chi connectivity index (χ4n) is 2.54. The minimum absolute atomic E-state index is 0.0432. The largest absolute Gasteiger partial charge is 0.343 e. The molecule has 0 radical (unpaired) electrons. The molecule has 25 heavy (non-hydrogen) atoms. The van der Waals surface area contributed by atoms with Crippen LogP contribution in [-0.2, 0) is 6.54 Å². The Balaban J connectivity index is 1.45. The van der Waals surface area contributed by atoms with Crippen LogP contribution in [0.3, 0.4) is 0 Å². The highest BCUT2D eigenvalue weighted by Crippen LogP contribution is 2.38. The number of amides is 1. The molecule has 0 unspecified atom stereocenters. The van der Waals surface area contributed by atoms with Crippen molar-refractivity contribution in [2.75, 3.05) is 0 Å². The standard InChI is InChI=1S/C18H16N4O3/c23-17(19-10-15-21-16(22-25-15)12-6-7-12)13-8-9-14(20-18(13)24)11-4-2-1-3-5-11/h1-5,8-9,12H,6-7,10H2,(H,19,23)(H,20,24). The van der Waals surface area contributed by atoms with E-state index in [1.807, 2.05) is 30.3 Å². The van der Waals surface area contributed by atoms with Crippen LogP contribution in [-0.4, -0.2) is 21.0 Å². The van der Waals surface area contributed by atoms with E-state index in [1.165, 1.54) is 6.07 Å². The maximum Gasteiger partial charge on any atom is 0.261 e. The molecule has 3 aromatic rings. The number of pyridine rings is 1. The van der Waals surface area contributed by atoms with Crippen LogP contribution >= 0.6 is 0 Å². The molecule has 0 aliphatic heterocycles. The lowest BCUT2D eigenvalue weighted by Gasteiger charge is -2.04. The molecule has 1 aromatic carbocycles. The Bertz CT molecular complexity index is 958. The van der Waals surface area contributed by atoms with Crippen molar-refractivity contribution in [3.05, 3.63) is 70.1 Å². The van der Waals surface area contributed by atoms with Gasteiger partial charge in [0, 0.05) is 11.6 Å². The molecular formula is C18H16N4O3. The lowest BCUT2D eigenvalue weighted by atomic mass is 10.1. The first-order valence-corrected chi connectivity index (χ1v) is 8.10. The first-order chi connectivity index (χ1) is 12.2. The zero-order valence-corrected chi connectivity index (χ0v) is 13.4. The van der Waals surface area contributed by atoms with Crippen LogP contribution in [0, 0.1) is 0 Å². The number of aromatic nitrogens is 3. The number of hydrogen-bond donors (Lipinski definition) is 2. The van der Waals surface area contributed by atoms with Crippen LogP contribution < -0.4 is 10.9 Å². The van der Waals surface area contributed by atoms with Gasteiger partial charge in [-0.2, -0.15) is 4.98 Å². The van der Waals surface area contributed by atoms with Crippen molar-refractivity contribution in [1.82, 2.24) is 20.4 Å². The summed E-state index contributed by atoms with van der Waals surface area (Å²) >= 11 is 0. The molecular weight excluding hydrogens is 320 g/mol. The second kappa shape index (κ2) is 6.35. The molecule has 7 nitrogen and oxygen atoms in total. The first kappa shape index (κ1) is 15.3. The second-order valence-corrected chi connectivity index (χ2v) is 5.98. The van der Waals surface area contributed by atoms with E-state index < -0.39 is 11.5 Å². The van der Waals surface area contributed by atoms with E-state index in [2.05, 4.69) is 20.4 Å². The minimum Gasteiger partial charge on any atom is -0.343 e. The van der Waals surface area contributed by atoms with Gasteiger partial charge in [0.05, 0.1) is 6.54 Å². The molecule has 0 spiro atoms. The van der Waals surface area contributed by atoms with Gasteiger partial charge in [0.15, 0.2) is 5.82 Å². The average molecular weight is 336 g/mol. The Morgan fingerprint density at radius 2 is 2.00 bits per heavy atom. The molecule has 4 rings (SSSR count). The Morgan fingerprint density at radius 1 is 1.20 bits per heavy atom. The zero-order chi connectivity index (χ0) is 17.2. The van der Waals surface area contributed by atoms with Crippen molar-refractivity contribution < 1.29 is 9.32 Å². The number of H-pyrrole nitrogens is 1. The highest BCUT2D eigenvalue weighted by atomic mass is 16.5. The van der Waals surface area contributed by atoms with Crippen molar-refractivity contribution in [3.63, 3.8) is 0 Å². The minimum atomic E-state index is -0.480. The summed E-state index contributed by atoms with van der Waals surface area (Å²) in [6.07, 6.45) is 2.16. The van der Waals surface area contributed by atoms with Gasteiger partial charge in [0.1, 0.15) is 5.56 Å². The van der Waals surface area contributed by atoms with Crippen LogP contribution in [0.4, 0.5) is 0 Å². The Kier molecular flexibility index (Phi) is 3.89. The Morgan fingerprint density at radius 3 is 2.72 bits per heavy atom. The van der Waals surface area contributed by atoms with Crippen molar-refractivity contribution in [2.45, 2.75) is 25.3 Å². The molecule has 2 N–H and O–H groups in total. The maximum atomic E-state index is 12.2. The molecule has 0 bridgehead atoms. The summed E-state index contributed by atoms with van der Waals surface area (Å²) in [5, 5.41) is 6.52. The van der Waals surface area contributed by atoms with Gasteiger partial charge in [-0.3, -0.25) is 9.59 Å². The van der Waals surface area contributed by atoms with E-state index in [0.717, 1.165) is 18.4 Å². The van der Waals surface area contributed by atoms with Crippen molar-refractivity contribution in [2.24, 2.45) is 0 Å². The fourth-order valence-corrected chi connectivity index (χ4v) is 2.54. The summed E-state index contributed by atoms with van der Waals surface area (Å²) in [4.78, 5) is 31.4. The van der Waals surface area contributed by atoms with E-state index in [0.29, 0.717) is 23.3 Å².